The van der Waals surface area contributed by atoms with E-state index in [-0.39, 0.29) is 12.5 Å². The molecule has 0 atom stereocenters. The highest BCUT2D eigenvalue weighted by Gasteiger charge is 2.17. The fourth-order valence-corrected chi connectivity index (χ4v) is 2.70. The predicted octanol–water partition coefficient (Wildman–Crippen LogP) is 2.94. The van der Waals surface area contributed by atoms with Gasteiger partial charge in [-0.2, -0.15) is 0 Å². The van der Waals surface area contributed by atoms with Crippen LogP contribution < -0.4 is 11.1 Å². The Hall–Kier alpha value is -2.50. The smallest absolute Gasteiger partial charge is 0.325 e. The molecule has 0 fully saturated rings. The number of esters is 1. The quantitative estimate of drug-likeness (QED) is 0.602. The van der Waals surface area contributed by atoms with Crippen LogP contribution in [0.4, 0.5) is 11.4 Å². The lowest BCUT2D eigenvalue weighted by molar-refractivity contribution is -0.143. The molecule has 3 N–H and O–H groups in total. The lowest BCUT2D eigenvalue weighted by atomic mass is 10.0. The summed E-state index contributed by atoms with van der Waals surface area (Å²) in [5.41, 5.74) is 10.5. The average Bonchev–Trinajstić information content (AvgIpc) is 2.89. The number of carbonyl (C=O) groups is 1. The number of nitrogens with one attached hydrogen (secondary N) is 1. The maximum absolute atomic E-state index is 11.9. The first-order chi connectivity index (χ1) is 11.5. The topological polar surface area (TPSA) is 82.2 Å². The van der Waals surface area contributed by atoms with Gasteiger partial charge in [0.25, 0.3) is 0 Å². The summed E-state index contributed by atoms with van der Waals surface area (Å²) in [6.45, 7) is 6.60. The third-order valence-electron chi connectivity index (χ3n) is 3.71. The number of anilines is 2. The fraction of sp³-hybridized carbons (Fsp3) is 0.444. The van der Waals surface area contributed by atoms with E-state index in [4.69, 9.17) is 10.5 Å². The number of ether oxygens (including phenoxy) is 1. The Morgan fingerprint density at radius 3 is 2.75 bits per heavy atom. The fourth-order valence-electron chi connectivity index (χ4n) is 2.70. The first-order valence-electron chi connectivity index (χ1n) is 8.23. The molecule has 0 unspecified atom stereocenters. The summed E-state index contributed by atoms with van der Waals surface area (Å²) in [5, 5.41) is 3.06. The van der Waals surface area contributed by atoms with Crippen LogP contribution in [0, 0.1) is 5.92 Å². The first kappa shape index (κ1) is 17.8. The molecule has 0 amide bonds. The molecule has 0 saturated heterocycles. The third kappa shape index (κ3) is 4.07. The lowest BCUT2D eigenvalue weighted by Gasteiger charge is -2.13. The van der Waals surface area contributed by atoms with Gasteiger partial charge in [0.2, 0.25) is 0 Å². The highest BCUT2D eigenvalue weighted by molar-refractivity contribution is 5.77. The van der Waals surface area contributed by atoms with E-state index in [1.54, 1.807) is 13.3 Å². The Labute approximate surface area is 143 Å². The van der Waals surface area contributed by atoms with Crippen LogP contribution in [0.3, 0.4) is 0 Å². The molecule has 24 heavy (non-hydrogen) atoms. The van der Waals surface area contributed by atoms with Gasteiger partial charge in [0.15, 0.2) is 0 Å². The van der Waals surface area contributed by atoms with Crippen molar-refractivity contribution in [1.82, 2.24) is 9.55 Å². The normalized spacial score (nSPS) is 10.9. The van der Waals surface area contributed by atoms with E-state index in [2.05, 4.69) is 24.1 Å². The van der Waals surface area contributed by atoms with Gasteiger partial charge in [-0.05, 0) is 31.4 Å². The summed E-state index contributed by atoms with van der Waals surface area (Å²) in [4.78, 5) is 16.4. The van der Waals surface area contributed by atoms with Gasteiger partial charge in [0.1, 0.15) is 6.54 Å². The minimum Gasteiger partial charge on any atom is -0.465 e. The summed E-state index contributed by atoms with van der Waals surface area (Å²) >= 11 is 0. The molecule has 2 rings (SSSR count). The van der Waals surface area contributed by atoms with Crippen LogP contribution in [0.25, 0.3) is 11.3 Å². The van der Waals surface area contributed by atoms with Crippen LogP contribution >= 0.6 is 0 Å². The maximum Gasteiger partial charge on any atom is 0.325 e. The van der Waals surface area contributed by atoms with E-state index < -0.39 is 0 Å². The zero-order chi connectivity index (χ0) is 17.7. The Bertz CT molecular complexity index is 707. The van der Waals surface area contributed by atoms with Crippen molar-refractivity contribution in [2.75, 3.05) is 24.7 Å². The molecule has 0 aliphatic rings. The molecule has 130 valence electrons. The molecule has 0 radical (unpaired) electrons. The van der Waals surface area contributed by atoms with Crippen LogP contribution in [-0.4, -0.2) is 29.2 Å². The van der Waals surface area contributed by atoms with Gasteiger partial charge in [-0.25, -0.2) is 4.98 Å². The van der Waals surface area contributed by atoms with Crippen molar-refractivity contribution in [3.63, 3.8) is 0 Å². The van der Waals surface area contributed by atoms with E-state index in [9.17, 15) is 4.79 Å². The Balaban J connectivity index is 2.45. The first-order valence-corrected chi connectivity index (χ1v) is 8.23. The van der Waals surface area contributed by atoms with Crippen molar-refractivity contribution in [2.45, 2.75) is 33.7 Å². The largest absolute Gasteiger partial charge is 0.465 e. The number of nitrogen functional groups attached to an aromatic ring is 1. The summed E-state index contributed by atoms with van der Waals surface area (Å²) in [7, 11) is 1.83. The molecule has 0 bridgehead atoms. The zero-order valence-electron chi connectivity index (χ0n) is 14.8. The molecule has 0 spiro atoms. The van der Waals surface area contributed by atoms with Gasteiger partial charge >= 0.3 is 5.97 Å². The SMILES string of the molecule is CCOC(=O)Cn1cnc(CC(C)C)c1-c1ccc(NC)c(N)c1. The highest BCUT2D eigenvalue weighted by Crippen LogP contribution is 2.30. The van der Waals surface area contributed by atoms with Crippen LogP contribution in [0.15, 0.2) is 24.5 Å². The van der Waals surface area contributed by atoms with Crippen molar-refractivity contribution in [1.29, 1.82) is 0 Å². The summed E-state index contributed by atoms with van der Waals surface area (Å²) in [6.07, 6.45) is 2.53. The molecule has 1 aromatic heterocycles. The number of benzene rings is 1. The minimum absolute atomic E-state index is 0.141. The number of nitrogens with two attached hydrogens (primary N) is 1. The molecule has 2 aromatic rings. The average molecular weight is 330 g/mol. The minimum atomic E-state index is -0.271. The predicted molar refractivity (Wildman–Crippen MR) is 96.8 cm³/mol. The second kappa shape index (κ2) is 7.86. The maximum atomic E-state index is 11.9. The standard InChI is InChI=1S/C18H26N4O2/c1-5-24-17(23)10-22-11-21-16(8-12(2)3)18(22)13-6-7-15(20-4)14(19)9-13/h6-7,9,11-12,20H,5,8,10,19H2,1-4H3. The summed E-state index contributed by atoms with van der Waals surface area (Å²) in [5.74, 6) is 0.190. The molecule has 1 aromatic carbocycles. The van der Waals surface area contributed by atoms with Crippen molar-refractivity contribution < 1.29 is 9.53 Å². The second-order valence-corrected chi connectivity index (χ2v) is 6.12. The van der Waals surface area contributed by atoms with Gasteiger partial charge in [-0.3, -0.25) is 4.79 Å². The number of hydrogen-bond donors (Lipinski definition) is 2. The van der Waals surface area contributed by atoms with Crippen LogP contribution in [0.2, 0.25) is 0 Å². The number of imidazole rings is 1. The lowest BCUT2D eigenvalue weighted by Crippen LogP contribution is -2.14. The van der Waals surface area contributed by atoms with E-state index in [1.807, 2.05) is 29.8 Å². The molecule has 0 aliphatic heterocycles. The molecule has 0 saturated carbocycles. The third-order valence-corrected chi connectivity index (χ3v) is 3.71. The van der Waals surface area contributed by atoms with Crippen LogP contribution in [0.5, 0.6) is 0 Å². The molecule has 6 heteroatoms. The molecular formula is C18H26N4O2. The molecule has 1 heterocycles. The zero-order valence-corrected chi connectivity index (χ0v) is 14.8. The van der Waals surface area contributed by atoms with Gasteiger partial charge in [-0.15, -0.1) is 0 Å². The molecule has 0 aliphatic carbocycles. The van der Waals surface area contributed by atoms with Crippen molar-refractivity contribution in [3.05, 3.63) is 30.2 Å². The van der Waals surface area contributed by atoms with Crippen LogP contribution in [0.1, 0.15) is 26.5 Å². The molecule has 6 nitrogen and oxygen atoms in total. The van der Waals surface area contributed by atoms with Gasteiger partial charge in [0, 0.05) is 12.6 Å². The van der Waals surface area contributed by atoms with Gasteiger partial charge in [-0.1, -0.05) is 19.9 Å². The number of rotatable bonds is 7. The van der Waals surface area contributed by atoms with Gasteiger partial charge in [0.05, 0.1) is 35.7 Å². The Kier molecular flexibility index (Phi) is 5.84. The second-order valence-electron chi connectivity index (χ2n) is 6.12. The van der Waals surface area contributed by atoms with Crippen molar-refractivity contribution in [2.24, 2.45) is 5.92 Å². The summed E-state index contributed by atoms with van der Waals surface area (Å²) in [6, 6.07) is 5.84. The highest BCUT2D eigenvalue weighted by atomic mass is 16.5. The van der Waals surface area contributed by atoms with Gasteiger partial charge < -0.3 is 20.4 Å². The number of hydrogen-bond acceptors (Lipinski definition) is 5. The monoisotopic (exact) mass is 330 g/mol. The summed E-state index contributed by atoms with van der Waals surface area (Å²) < 4.78 is 6.90. The van der Waals surface area contributed by atoms with Crippen LogP contribution in [-0.2, 0) is 22.5 Å². The van der Waals surface area contributed by atoms with E-state index in [1.165, 1.54) is 0 Å². The number of carbonyl (C=O) groups excluding carboxylic acids is 1. The van der Waals surface area contributed by atoms with Crippen molar-refractivity contribution >= 4 is 17.3 Å². The van der Waals surface area contributed by atoms with Crippen molar-refractivity contribution in [3.8, 4) is 11.3 Å². The van der Waals surface area contributed by atoms with E-state index in [0.717, 1.165) is 29.1 Å². The van der Waals surface area contributed by atoms with E-state index in [0.29, 0.717) is 18.2 Å². The number of nitrogens with zero attached hydrogens (tertiary/aromatic N) is 2. The molecular weight excluding hydrogens is 304 g/mol. The Morgan fingerprint density at radius 1 is 1.42 bits per heavy atom. The van der Waals surface area contributed by atoms with E-state index >= 15 is 0 Å². The Morgan fingerprint density at radius 2 is 2.17 bits per heavy atom. The number of aromatic nitrogens is 2.